The lowest BCUT2D eigenvalue weighted by Crippen LogP contribution is -2.61. The molecule has 2 fully saturated rings. The van der Waals surface area contributed by atoms with Gasteiger partial charge in [0.15, 0.2) is 18.7 Å². The number of esters is 2. The van der Waals surface area contributed by atoms with Crippen LogP contribution in [0.5, 0.6) is 0 Å². The molecule has 0 aromatic heterocycles. The minimum Gasteiger partial charge on any atom is -0.462 e. The summed E-state index contributed by atoms with van der Waals surface area (Å²) < 4.78 is 33.4. The maximum Gasteiger partial charge on any atom is 0.306 e. The first-order valence-corrected chi connectivity index (χ1v) is 25.5. The summed E-state index contributed by atoms with van der Waals surface area (Å²) in [6.45, 7) is 2.23. The SMILES string of the molecule is CC/C=C/C/C=C/C/C=C/C/C=C/C/C=C/C/C=C/CCC(=O)O[C@H](COC(=O)CCCCCCC/C=C/C/C=C/C/C=C/CC)CO[C@H]1O[C@@H](CO[C@H]2O[C@@H](CO)[C@@H](O)C(O)C2O)[C@@H](O)C(O)C1O. The highest BCUT2D eigenvalue weighted by Crippen LogP contribution is 2.26. The van der Waals surface area contributed by atoms with Crippen LogP contribution in [0.4, 0.5) is 0 Å². The number of carbonyl (C=O) groups excluding carboxylic acids is 2. The Labute approximate surface area is 417 Å². The highest BCUT2D eigenvalue weighted by Gasteiger charge is 2.47. The zero-order chi connectivity index (χ0) is 51.0. The van der Waals surface area contributed by atoms with Gasteiger partial charge in [0.2, 0.25) is 0 Å². The van der Waals surface area contributed by atoms with Gasteiger partial charge in [-0.2, -0.15) is 0 Å². The predicted octanol–water partition coefficient (Wildman–Crippen LogP) is 7.15. The Kier molecular flexibility index (Phi) is 36.2. The van der Waals surface area contributed by atoms with Crippen molar-refractivity contribution in [3.63, 3.8) is 0 Å². The fourth-order valence-electron chi connectivity index (χ4n) is 7.14. The van der Waals surface area contributed by atoms with E-state index in [0.29, 0.717) is 19.3 Å². The van der Waals surface area contributed by atoms with Gasteiger partial charge < -0.3 is 64.2 Å². The zero-order valence-corrected chi connectivity index (χ0v) is 41.7. The number of ether oxygens (including phenoxy) is 6. The fourth-order valence-corrected chi connectivity index (χ4v) is 7.14. The van der Waals surface area contributed by atoms with E-state index in [1.165, 1.54) is 0 Å². The average Bonchev–Trinajstić information content (AvgIpc) is 3.35. The summed E-state index contributed by atoms with van der Waals surface area (Å²) in [6, 6.07) is 0. The van der Waals surface area contributed by atoms with Crippen molar-refractivity contribution in [2.75, 3.05) is 26.4 Å². The number of aliphatic hydroxyl groups excluding tert-OH is 7. The van der Waals surface area contributed by atoms with Crippen LogP contribution in [0, 0.1) is 0 Å². The lowest BCUT2D eigenvalue weighted by Gasteiger charge is -2.42. The summed E-state index contributed by atoms with van der Waals surface area (Å²) in [5.74, 6) is -1.06. The van der Waals surface area contributed by atoms with Crippen molar-refractivity contribution in [2.24, 2.45) is 0 Å². The minimum atomic E-state index is -1.79. The van der Waals surface area contributed by atoms with Gasteiger partial charge in [0, 0.05) is 12.8 Å². The monoisotopic (exact) mass is 987 g/mol. The van der Waals surface area contributed by atoms with Gasteiger partial charge in [-0.3, -0.25) is 9.59 Å². The molecule has 11 atom stereocenters. The summed E-state index contributed by atoms with van der Waals surface area (Å²) in [5, 5.41) is 72.1. The molecule has 15 heteroatoms. The van der Waals surface area contributed by atoms with Crippen molar-refractivity contribution >= 4 is 11.9 Å². The first-order chi connectivity index (χ1) is 34.0. The third kappa shape index (κ3) is 28.3. The summed E-state index contributed by atoms with van der Waals surface area (Å²) >= 11 is 0. The highest BCUT2D eigenvalue weighted by atomic mass is 16.7. The van der Waals surface area contributed by atoms with Crippen LogP contribution in [0.15, 0.2) is 109 Å². The fraction of sp³-hybridized carbons (Fsp3) is 0.636. The van der Waals surface area contributed by atoms with E-state index in [4.69, 9.17) is 28.4 Å². The Morgan fingerprint density at radius 3 is 1.40 bits per heavy atom. The molecule has 0 amide bonds. The molecule has 2 rings (SSSR count). The van der Waals surface area contributed by atoms with E-state index in [0.717, 1.165) is 83.5 Å². The number of carbonyl (C=O) groups is 2. The largest absolute Gasteiger partial charge is 0.462 e. The van der Waals surface area contributed by atoms with Crippen molar-refractivity contribution in [1.82, 2.24) is 0 Å². The molecule has 2 aliphatic heterocycles. The van der Waals surface area contributed by atoms with Crippen LogP contribution >= 0.6 is 0 Å². The number of allylic oxidation sites excluding steroid dienone is 18. The molecule has 2 heterocycles. The molecule has 2 saturated heterocycles. The van der Waals surface area contributed by atoms with Crippen LogP contribution in [0.25, 0.3) is 0 Å². The molecule has 0 spiro atoms. The predicted molar refractivity (Wildman–Crippen MR) is 270 cm³/mol. The number of rotatable bonds is 37. The summed E-state index contributed by atoms with van der Waals surface area (Å²) in [5.41, 5.74) is 0. The number of hydrogen-bond acceptors (Lipinski definition) is 15. The molecule has 0 aliphatic carbocycles. The summed E-state index contributed by atoms with van der Waals surface area (Å²) in [7, 11) is 0. The normalized spacial score (nSPS) is 26.3. The Balaban J connectivity index is 1.86. The second-order valence-corrected chi connectivity index (χ2v) is 17.2. The van der Waals surface area contributed by atoms with Crippen molar-refractivity contribution in [3.8, 4) is 0 Å². The van der Waals surface area contributed by atoms with Gasteiger partial charge in [0.1, 0.15) is 55.4 Å². The van der Waals surface area contributed by atoms with Crippen LogP contribution in [-0.2, 0) is 38.0 Å². The molecule has 7 N–H and O–H groups in total. The molecule has 0 aromatic carbocycles. The molecular weight excluding hydrogens is 901 g/mol. The van der Waals surface area contributed by atoms with Crippen molar-refractivity contribution in [1.29, 1.82) is 0 Å². The van der Waals surface area contributed by atoms with Crippen LogP contribution in [0.3, 0.4) is 0 Å². The van der Waals surface area contributed by atoms with E-state index in [1.807, 2.05) is 18.2 Å². The second kappa shape index (κ2) is 40.7. The smallest absolute Gasteiger partial charge is 0.306 e. The van der Waals surface area contributed by atoms with E-state index in [-0.39, 0.29) is 19.4 Å². The summed E-state index contributed by atoms with van der Waals surface area (Å²) in [6.07, 6.45) is 35.6. The molecule has 70 heavy (non-hydrogen) atoms. The van der Waals surface area contributed by atoms with Gasteiger partial charge in [0.25, 0.3) is 0 Å². The van der Waals surface area contributed by atoms with Gasteiger partial charge in [-0.15, -0.1) is 0 Å². The molecule has 396 valence electrons. The van der Waals surface area contributed by atoms with Gasteiger partial charge in [-0.05, 0) is 83.5 Å². The molecule has 0 bridgehead atoms. The first-order valence-electron chi connectivity index (χ1n) is 25.5. The Morgan fingerprint density at radius 2 is 0.886 bits per heavy atom. The zero-order valence-electron chi connectivity index (χ0n) is 41.7. The third-order valence-electron chi connectivity index (χ3n) is 11.3. The Morgan fingerprint density at radius 1 is 0.457 bits per heavy atom. The molecule has 15 nitrogen and oxygen atoms in total. The molecular formula is C55H86O15. The quantitative estimate of drug-likeness (QED) is 0.0186. The van der Waals surface area contributed by atoms with Crippen LogP contribution in [0.1, 0.15) is 129 Å². The molecule has 0 saturated carbocycles. The van der Waals surface area contributed by atoms with Crippen molar-refractivity contribution in [2.45, 2.75) is 197 Å². The maximum absolute atomic E-state index is 13.0. The molecule has 2 aliphatic rings. The van der Waals surface area contributed by atoms with E-state index in [2.05, 4.69) is 105 Å². The van der Waals surface area contributed by atoms with Gasteiger partial charge >= 0.3 is 11.9 Å². The van der Waals surface area contributed by atoms with Gasteiger partial charge in [-0.1, -0.05) is 142 Å². The maximum atomic E-state index is 13.0. The number of hydrogen-bond donors (Lipinski definition) is 7. The molecule has 4 unspecified atom stereocenters. The summed E-state index contributed by atoms with van der Waals surface area (Å²) in [4.78, 5) is 25.7. The Bertz CT molecular complexity index is 1630. The molecule has 0 radical (unpaired) electrons. The van der Waals surface area contributed by atoms with Crippen LogP contribution < -0.4 is 0 Å². The standard InChI is InChI=1S/C55H86O15/c1-3-5-7-9-11-13-15-17-19-20-21-22-24-26-28-30-32-34-36-38-47(58)68-43(40-65-46(57)37-35-33-31-29-27-25-23-18-16-14-12-10-8-6-4-2)41-66-54-53(64)51(62)49(60)45(70-54)42-67-55-52(63)50(61)48(59)44(39-56)69-55/h5-8,11-14,17-19,21-23,26,28,32,34,43-45,48-56,59-64H,3-4,9-10,15-16,20,24-25,27,29-31,33,35-42H2,1-2H3/b7-5+,8-6+,13-11+,14-12+,19-17+,22-21+,23-18+,28-26+,34-32+/t43-,44+,45+,48-,49-,50?,51?,52?,53?,54+,55+/m1/s1. The third-order valence-corrected chi connectivity index (χ3v) is 11.3. The average molecular weight is 987 g/mol. The number of unbranched alkanes of at least 4 members (excludes halogenated alkanes) is 5. The Hall–Kier alpha value is -3.84. The van der Waals surface area contributed by atoms with Crippen LogP contribution in [0.2, 0.25) is 0 Å². The lowest BCUT2D eigenvalue weighted by atomic mass is 9.98. The minimum absolute atomic E-state index is 0.0290. The van der Waals surface area contributed by atoms with E-state index in [1.54, 1.807) is 0 Å². The second-order valence-electron chi connectivity index (χ2n) is 17.2. The number of aliphatic hydroxyl groups is 7. The highest BCUT2D eigenvalue weighted by molar-refractivity contribution is 5.70. The van der Waals surface area contributed by atoms with E-state index < -0.39 is 99.3 Å². The topological polar surface area (TPSA) is 231 Å². The van der Waals surface area contributed by atoms with E-state index >= 15 is 0 Å². The van der Waals surface area contributed by atoms with Crippen molar-refractivity contribution < 1.29 is 73.8 Å². The van der Waals surface area contributed by atoms with E-state index in [9.17, 15) is 45.3 Å². The van der Waals surface area contributed by atoms with Crippen molar-refractivity contribution in [3.05, 3.63) is 109 Å². The first kappa shape index (κ1) is 62.3. The lowest BCUT2D eigenvalue weighted by molar-refractivity contribution is -0.332. The van der Waals surface area contributed by atoms with Gasteiger partial charge in [-0.25, -0.2) is 0 Å². The van der Waals surface area contributed by atoms with Crippen LogP contribution in [-0.4, -0.2) is 142 Å². The molecule has 0 aromatic rings. The van der Waals surface area contributed by atoms with Gasteiger partial charge in [0.05, 0.1) is 19.8 Å².